The van der Waals surface area contributed by atoms with Crippen LogP contribution in [0, 0.1) is 6.92 Å². The molecule has 0 aliphatic carbocycles. The van der Waals surface area contributed by atoms with Gasteiger partial charge in [-0.25, -0.2) is 4.98 Å². The van der Waals surface area contributed by atoms with E-state index in [1.807, 2.05) is 38.1 Å². The Bertz CT molecular complexity index is 1230. The van der Waals surface area contributed by atoms with Gasteiger partial charge in [0.05, 0.1) is 17.6 Å². The van der Waals surface area contributed by atoms with Crippen molar-refractivity contribution in [3.05, 3.63) is 88.7 Å². The predicted octanol–water partition coefficient (Wildman–Crippen LogP) is 8.12. The van der Waals surface area contributed by atoms with Gasteiger partial charge >= 0.3 is 0 Å². The number of benzene rings is 3. The van der Waals surface area contributed by atoms with Crippen molar-refractivity contribution in [3.8, 4) is 11.5 Å². The van der Waals surface area contributed by atoms with Gasteiger partial charge in [-0.1, -0.05) is 49.7 Å². The molecule has 0 N–H and O–H groups in total. The summed E-state index contributed by atoms with van der Waals surface area (Å²) in [5, 5.41) is 0.741. The summed E-state index contributed by atoms with van der Waals surface area (Å²) in [6.45, 7) is 9.98. The van der Waals surface area contributed by atoms with Gasteiger partial charge in [0.15, 0.2) is 11.9 Å². The summed E-state index contributed by atoms with van der Waals surface area (Å²) in [6, 6.07) is 22.4. The Balaban J connectivity index is 1.40. The van der Waals surface area contributed by atoms with E-state index in [0.29, 0.717) is 12.5 Å². The maximum absolute atomic E-state index is 6.25. The minimum absolute atomic E-state index is 0.191. The zero-order valence-electron chi connectivity index (χ0n) is 20.4. The largest absolute Gasteiger partial charge is 0.494 e. The number of hydrogen-bond donors (Lipinski definition) is 0. The van der Waals surface area contributed by atoms with Crippen molar-refractivity contribution < 1.29 is 9.47 Å². The van der Waals surface area contributed by atoms with Crippen molar-refractivity contribution in [1.82, 2.24) is 9.55 Å². The standard InChI is InChI=1S/C29H33ClN2O2/c1-20(2)23-11-13-24(14-12-23)33-18-8-7-17-32-28-10-6-5-9-27(28)31-29(32)22(4)34-25-15-16-26(30)21(3)19-25/h5-6,9-16,19-20,22H,7-8,17-18H2,1-4H3. The maximum atomic E-state index is 6.25. The van der Waals surface area contributed by atoms with Gasteiger partial charge in [-0.15, -0.1) is 0 Å². The van der Waals surface area contributed by atoms with E-state index in [1.165, 1.54) is 5.56 Å². The lowest BCUT2D eigenvalue weighted by molar-refractivity contribution is 0.210. The zero-order chi connectivity index (χ0) is 24.1. The van der Waals surface area contributed by atoms with Gasteiger partial charge in [-0.3, -0.25) is 0 Å². The Morgan fingerprint density at radius 1 is 0.912 bits per heavy atom. The molecule has 1 aromatic heterocycles. The predicted molar refractivity (Wildman–Crippen MR) is 140 cm³/mol. The van der Waals surface area contributed by atoms with E-state index in [1.54, 1.807) is 0 Å². The summed E-state index contributed by atoms with van der Waals surface area (Å²) in [5.74, 6) is 3.19. The molecule has 0 bridgehead atoms. The van der Waals surface area contributed by atoms with Crippen LogP contribution in [0.1, 0.15) is 62.6 Å². The molecule has 0 saturated carbocycles. The third-order valence-corrected chi connectivity index (χ3v) is 6.51. The number of nitrogens with zero attached hydrogens (tertiary/aromatic N) is 2. The van der Waals surface area contributed by atoms with Crippen molar-refractivity contribution in [2.24, 2.45) is 0 Å². The van der Waals surface area contributed by atoms with E-state index in [0.717, 1.165) is 58.3 Å². The van der Waals surface area contributed by atoms with E-state index in [9.17, 15) is 0 Å². The molecular weight excluding hydrogens is 444 g/mol. The van der Waals surface area contributed by atoms with Crippen molar-refractivity contribution in [2.75, 3.05) is 6.61 Å². The van der Waals surface area contributed by atoms with Crippen molar-refractivity contribution in [2.45, 2.75) is 59.1 Å². The summed E-state index contributed by atoms with van der Waals surface area (Å²) < 4.78 is 14.5. The minimum Gasteiger partial charge on any atom is -0.494 e. The lowest BCUT2D eigenvalue weighted by atomic mass is 10.0. The number of para-hydroxylation sites is 2. The number of ether oxygens (including phenoxy) is 2. The Labute approximate surface area is 207 Å². The van der Waals surface area contributed by atoms with E-state index in [-0.39, 0.29) is 6.10 Å². The van der Waals surface area contributed by atoms with Crippen LogP contribution in [0.25, 0.3) is 11.0 Å². The third kappa shape index (κ3) is 5.74. The van der Waals surface area contributed by atoms with Gasteiger partial charge in [-0.05, 0) is 86.2 Å². The molecule has 34 heavy (non-hydrogen) atoms. The molecule has 0 aliphatic rings. The van der Waals surface area contributed by atoms with Gasteiger partial charge < -0.3 is 14.0 Å². The number of hydrogen-bond acceptors (Lipinski definition) is 3. The summed E-state index contributed by atoms with van der Waals surface area (Å²) in [7, 11) is 0. The Hall–Kier alpha value is -2.98. The third-order valence-electron chi connectivity index (χ3n) is 6.08. The first-order valence-electron chi connectivity index (χ1n) is 12.0. The van der Waals surface area contributed by atoms with Gasteiger partial charge in [0.2, 0.25) is 0 Å². The normalized spacial score (nSPS) is 12.3. The van der Waals surface area contributed by atoms with E-state index in [4.69, 9.17) is 26.1 Å². The molecule has 0 saturated heterocycles. The monoisotopic (exact) mass is 476 g/mol. The smallest absolute Gasteiger partial charge is 0.153 e. The molecule has 0 fully saturated rings. The summed E-state index contributed by atoms with van der Waals surface area (Å²) in [6.07, 6.45) is 1.76. The molecule has 4 aromatic rings. The number of fused-ring (bicyclic) bond motifs is 1. The molecule has 0 aliphatic heterocycles. The number of aryl methyl sites for hydroxylation is 2. The maximum Gasteiger partial charge on any atom is 0.153 e. The number of aromatic nitrogens is 2. The van der Waals surface area contributed by atoms with Gasteiger partial charge in [0.25, 0.3) is 0 Å². The first-order valence-corrected chi connectivity index (χ1v) is 12.4. The highest BCUT2D eigenvalue weighted by atomic mass is 35.5. The van der Waals surface area contributed by atoms with E-state index < -0.39 is 0 Å². The SMILES string of the molecule is Cc1cc(OC(C)c2nc3ccccc3n2CCCCOc2ccc(C(C)C)cc2)ccc1Cl. The number of imidazole rings is 1. The second-order valence-electron chi connectivity index (χ2n) is 9.06. The molecule has 1 unspecified atom stereocenters. The van der Waals surface area contributed by atoms with Gasteiger partial charge in [0.1, 0.15) is 11.5 Å². The summed E-state index contributed by atoms with van der Waals surface area (Å²) >= 11 is 6.17. The van der Waals surface area contributed by atoms with Crippen molar-refractivity contribution in [3.63, 3.8) is 0 Å². The van der Waals surface area contributed by atoms with Crippen LogP contribution >= 0.6 is 11.6 Å². The number of halogens is 1. The Kier molecular flexibility index (Phi) is 7.79. The van der Waals surface area contributed by atoms with Gasteiger partial charge in [-0.2, -0.15) is 0 Å². The highest BCUT2D eigenvalue weighted by Gasteiger charge is 2.18. The fraction of sp³-hybridized carbons (Fsp3) is 0.345. The molecule has 178 valence electrons. The summed E-state index contributed by atoms with van der Waals surface area (Å²) in [4.78, 5) is 4.90. The highest BCUT2D eigenvalue weighted by Crippen LogP contribution is 2.28. The molecule has 3 aromatic carbocycles. The minimum atomic E-state index is -0.191. The number of rotatable bonds is 10. The van der Waals surface area contributed by atoms with Crippen LogP contribution in [-0.2, 0) is 6.54 Å². The van der Waals surface area contributed by atoms with Crippen LogP contribution in [0.3, 0.4) is 0 Å². The fourth-order valence-corrected chi connectivity index (χ4v) is 4.22. The second-order valence-corrected chi connectivity index (χ2v) is 9.47. The molecule has 0 spiro atoms. The van der Waals surface area contributed by atoms with Crippen LogP contribution in [0.4, 0.5) is 0 Å². The molecule has 5 heteroatoms. The van der Waals surface area contributed by atoms with E-state index >= 15 is 0 Å². The van der Waals surface area contributed by atoms with Crippen LogP contribution < -0.4 is 9.47 Å². The zero-order valence-corrected chi connectivity index (χ0v) is 21.2. The van der Waals surface area contributed by atoms with Crippen molar-refractivity contribution in [1.29, 1.82) is 0 Å². The quantitative estimate of drug-likeness (QED) is 0.217. The number of unbranched alkanes of at least 4 members (excludes halogenated alkanes) is 1. The molecule has 0 amide bonds. The first-order chi connectivity index (χ1) is 16.4. The molecule has 4 nitrogen and oxygen atoms in total. The topological polar surface area (TPSA) is 36.3 Å². The first kappa shape index (κ1) is 24.2. The lowest BCUT2D eigenvalue weighted by Gasteiger charge is -2.17. The Morgan fingerprint density at radius 2 is 1.65 bits per heavy atom. The summed E-state index contributed by atoms with van der Waals surface area (Å²) in [5.41, 5.74) is 4.45. The molecular formula is C29H33ClN2O2. The van der Waals surface area contributed by atoms with Gasteiger partial charge in [0, 0.05) is 11.6 Å². The molecule has 4 rings (SSSR count). The second kappa shape index (κ2) is 11.0. The lowest BCUT2D eigenvalue weighted by Crippen LogP contribution is -2.13. The van der Waals surface area contributed by atoms with Crippen LogP contribution in [0.5, 0.6) is 11.5 Å². The highest BCUT2D eigenvalue weighted by molar-refractivity contribution is 6.31. The average Bonchev–Trinajstić information content (AvgIpc) is 3.20. The van der Waals surface area contributed by atoms with Crippen LogP contribution in [0.2, 0.25) is 5.02 Å². The van der Waals surface area contributed by atoms with Crippen LogP contribution in [-0.4, -0.2) is 16.2 Å². The van der Waals surface area contributed by atoms with Crippen LogP contribution in [0.15, 0.2) is 66.7 Å². The average molecular weight is 477 g/mol. The van der Waals surface area contributed by atoms with Crippen molar-refractivity contribution >= 4 is 22.6 Å². The Morgan fingerprint density at radius 3 is 2.38 bits per heavy atom. The fourth-order valence-electron chi connectivity index (χ4n) is 4.10. The van der Waals surface area contributed by atoms with E-state index in [2.05, 4.69) is 60.9 Å². The molecule has 1 heterocycles. The molecule has 1 atom stereocenters. The molecule has 0 radical (unpaired) electrons.